The molecule has 0 rings (SSSR count). The van der Waals surface area contributed by atoms with E-state index in [-0.39, 0.29) is 12.4 Å². The van der Waals surface area contributed by atoms with Gasteiger partial charge in [-0.05, 0) is 19.8 Å². The molecular formula is C3H6O2S. The van der Waals surface area contributed by atoms with E-state index < -0.39 is 0 Å². The van der Waals surface area contributed by atoms with Crippen LogP contribution in [0.15, 0.2) is 0 Å². The zero-order valence-corrected chi connectivity index (χ0v) is 4.37. The second-order valence-corrected chi connectivity index (χ2v) is 1.23. The van der Waals surface area contributed by atoms with Crippen molar-refractivity contribution in [1.82, 2.24) is 0 Å². The average Bonchev–Trinajstić information content (AvgIpc) is 1.35. The normalized spacial score (nSPS) is 8.33. The molecule has 3 heteroatoms. The Morgan fingerprint density at radius 1 is 2.00 bits per heavy atom. The lowest BCUT2D eigenvalue weighted by Gasteiger charge is -1.83. The first-order valence-electron chi connectivity index (χ1n) is 1.53. The van der Waals surface area contributed by atoms with Gasteiger partial charge < -0.3 is 4.18 Å². The van der Waals surface area contributed by atoms with Crippen LogP contribution in [0, 0.1) is 0 Å². The molecule has 36 valence electrons. The molecule has 0 aliphatic heterocycles. The Morgan fingerprint density at radius 2 is 2.50 bits per heavy atom. The molecular weight excluding hydrogens is 100 g/mol. The zero-order valence-electron chi connectivity index (χ0n) is 3.47. The van der Waals surface area contributed by atoms with Crippen LogP contribution in [-0.2, 0) is 8.98 Å². The quantitative estimate of drug-likeness (QED) is 0.408. The SMILES string of the molecule is CC(=O)COS. The van der Waals surface area contributed by atoms with Crippen LogP contribution in [0.25, 0.3) is 0 Å². The molecule has 0 N–H and O–H groups in total. The smallest absolute Gasteiger partial charge is 0.156 e. The minimum Gasteiger partial charge on any atom is -0.311 e. The number of hydrogen-bond acceptors (Lipinski definition) is 3. The van der Waals surface area contributed by atoms with Gasteiger partial charge in [0.15, 0.2) is 5.78 Å². The number of carbonyl (C=O) groups is 1. The summed E-state index contributed by atoms with van der Waals surface area (Å²) in [6.07, 6.45) is 0. The Hall–Kier alpha value is -0.0200. The summed E-state index contributed by atoms with van der Waals surface area (Å²) < 4.78 is 4.15. The Bertz CT molecular complexity index is 52.8. The van der Waals surface area contributed by atoms with Crippen molar-refractivity contribution in [2.24, 2.45) is 0 Å². The summed E-state index contributed by atoms with van der Waals surface area (Å²) in [5.41, 5.74) is 0. The lowest BCUT2D eigenvalue weighted by molar-refractivity contribution is -0.118. The molecule has 0 saturated carbocycles. The fourth-order valence-electron chi connectivity index (χ4n) is 0.0909. The van der Waals surface area contributed by atoms with Crippen LogP contribution in [0.1, 0.15) is 6.92 Å². The van der Waals surface area contributed by atoms with E-state index in [0.29, 0.717) is 0 Å². The van der Waals surface area contributed by atoms with Gasteiger partial charge in [-0.3, -0.25) is 4.79 Å². The van der Waals surface area contributed by atoms with Gasteiger partial charge in [-0.15, -0.1) is 0 Å². The fraction of sp³-hybridized carbons (Fsp3) is 0.667. The fourth-order valence-corrected chi connectivity index (χ4v) is 0.273. The molecule has 0 radical (unpaired) electrons. The molecule has 6 heavy (non-hydrogen) atoms. The second kappa shape index (κ2) is 3.18. The van der Waals surface area contributed by atoms with Crippen LogP contribution in [0.4, 0.5) is 0 Å². The van der Waals surface area contributed by atoms with Gasteiger partial charge >= 0.3 is 0 Å². The molecule has 0 bridgehead atoms. The molecule has 0 heterocycles. The maximum Gasteiger partial charge on any atom is 0.156 e. The maximum atomic E-state index is 9.87. The molecule has 0 aliphatic rings. The van der Waals surface area contributed by atoms with E-state index >= 15 is 0 Å². The Labute approximate surface area is 42.1 Å². The number of hydrogen-bond donors (Lipinski definition) is 1. The predicted octanol–water partition coefficient (Wildman–Crippen LogP) is 0.437. The molecule has 0 aromatic rings. The standard InChI is InChI=1S/C3H6O2S/c1-3(4)2-5-6/h6H,2H2,1H3. The largest absolute Gasteiger partial charge is 0.311 e. The van der Waals surface area contributed by atoms with E-state index in [2.05, 4.69) is 17.1 Å². The Morgan fingerprint density at radius 3 is 2.50 bits per heavy atom. The van der Waals surface area contributed by atoms with Crippen molar-refractivity contribution in [1.29, 1.82) is 0 Å². The number of thiol groups is 1. The van der Waals surface area contributed by atoms with Crippen molar-refractivity contribution in [3.05, 3.63) is 0 Å². The van der Waals surface area contributed by atoms with Crippen molar-refractivity contribution in [2.75, 3.05) is 6.61 Å². The van der Waals surface area contributed by atoms with Crippen LogP contribution in [0.5, 0.6) is 0 Å². The van der Waals surface area contributed by atoms with Gasteiger partial charge in [0.2, 0.25) is 0 Å². The van der Waals surface area contributed by atoms with E-state index in [1.165, 1.54) is 6.92 Å². The van der Waals surface area contributed by atoms with Crippen LogP contribution in [0.3, 0.4) is 0 Å². The number of rotatable bonds is 2. The summed E-state index contributed by atoms with van der Waals surface area (Å²) in [6, 6.07) is 0. The van der Waals surface area contributed by atoms with E-state index in [1.54, 1.807) is 0 Å². The van der Waals surface area contributed by atoms with Crippen LogP contribution in [0.2, 0.25) is 0 Å². The van der Waals surface area contributed by atoms with E-state index in [1.807, 2.05) is 0 Å². The zero-order chi connectivity index (χ0) is 4.99. The minimum atomic E-state index is -0.00926. The molecule has 0 spiro atoms. The van der Waals surface area contributed by atoms with Crippen molar-refractivity contribution in [2.45, 2.75) is 6.92 Å². The third kappa shape index (κ3) is 3.98. The van der Waals surface area contributed by atoms with Gasteiger partial charge in [-0.2, -0.15) is 0 Å². The minimum absolute atomic E-state index is 0.00926. The van der Waals surface area contributed by atoms with Gasteiger partial charge in [0.1, 0.15) is 6.61 Å². The first-order valence-corrected chi connectivity index (χ1v) is 1.89. The van der Waals surface area contributed by atoms with Gasteiger partial charge in [-0.1, -0.05) is 0 Å². The van der Waals surface area contributed by atoms with Crippen molar-refractivity contribution in [3.8, 4) is 0 Å². The first-order chi connectivity index (χ1) is 2.77. The molecule has 0 unspecified atom stereocenters. The molecule has 0 fully saturated rings. The highest BCUT2D eigenvalue weighted by atomic mass is 32.1. The van der Waals surface area contributed by atoms with Crippen molar-refractivity contribution >= 4 is 18.7 Å². The topological polar surface area (TPSA) is 26.3 Å². The molecule has 0 amide bonds. The monoisotopic (exact) mass is 106 g/mol. The average molecular weight is 106 g/mol. The summed E-state index contributed by atoms with van der Waals surface area (Å²) >= 11 is 3.34. The van der Waals surface area contributed by atoms with Crippen molar-refractivity contribution in [3.63, 3.8) is 0 Å². The summed E-state index contributed by atoms with van der Waals surface area (Å²) in [6.45, 7) is 1.54. The third-order valence-electron chi connectivity index (χ3n) is 0.268. The van der Waals surface area contributed by atoms with Gasteiger partial charge in [-0.25, -0.2) is 0 Å². The summed E-state index contributed by atoms with van der Waals surface area (Å²) in [4.78, 5) is 9.87. The summed E-state index contributed by atoms with van der Waals surface area (Å²) in [5.74, 6) is -0.00926. The third-order valence-corrected chi connectivity index (χ3v) is 0.397. The molecule has 0 aliphatic carbocycles. The van der Waals surface area contributed by atoms with Crippen LogP contribution < -0.4 is 0 Å². The lowest BCUT2D eigenvalue weighted by atomic mass is 10.5. The molecule has 2 nitrogen and oxygen atoms in total. The predicted molar refractivity (Wildman–Crippen MR) is 25.6 cm³/mol. The van der Waals surface area contributed by atoms with Gasteiger partial charge in [0.05, 0.1) is 0 Å². The number of carbonyl (C=O) groups excluding carboxylic acids is 1. The van der Waals surface area contributed by atoms with E-state index in [9.17, 15) is 4.79 Å². The van der Waals surface area contributed by atoms with Gasteiger partial charge in [0, 0.05) is 0 Å². The highest BCUT2D eigenvalue weighted by Gasteiger charge is 1.84. The molecule has 0 atom stereocenters. The van der Waals surface area contributed by atoms with E-state index in [4.69, 9.17) is 0 Å². The summed E-state index contributed by atoms with van der Waals surface area (Å²) in [5, 5.41) is 0. The van der Waals surface area contributed by atoms with Gasteiger partial charge in [0.25, 0.3) is 0 Å². The van der Waals surface area contributed by atoms with Crippen LogP contribution >= 0.6 is 12.9 Å². The number of Topliss-reactive ketones (excluding diaryl/α,β-unsaturated/α-hetero) is 1. The summed E-state index contributed by atoms with van der Waals surface area (Å²) in [7, 11) is 0. The van der Waals surface area contributed by atoms with Crippen molar-refractivity contribution < 1.29 is 8.98 Å². The first kappa shape index (κ1) is 5.98. The number of ketones is 1. The molecule has 0 saturated heterocycles. The highest BCUT2D eigenvalue weighted by Crippen LogP contribution is 1.76. The van der Waals surface area contributed by atoms with Crippen LogP contribution in [-0.4, -0.2) is 12.4 Å². The lowest BCUT2D eigenvalue weighted by Crippen LogP contribution is -1.95. The molecule has 0 aromatic carbocycles. The maximum absolute atomic E-state index is 9.87. The Balaban J connectivity index is 2.83. The Kier molecular flexibility index (Phi) is 3.17. The molecule has 0 aromatic heterocycles. The highest BCUT2D eigenvalue weighted by molar-refractivity contribution is 7.75. The second-order valence-electron chi connectivity index (χ2n) is 0.975. The van der Waals surface area contributed by atoms with E-state index in [0.717, 1.165) is 0 Å².